The lowest BCUT2D eigenvalue weighted by atomic mass is 10.2. The Morgan fingerprint density at radius 1 is 1.50 bits per heavy atom. The van der Waals surface area contributed by atoms with Crippen molar-refractivity contribution in [2.45, 2.75) is 4.83 Å². The molecule has 1 atom stereocenters. The molecule has 3 N–H and O–H groups in total. The Morgan fingerprint density at radius 3 is 2.71 bits per heavy atom. The maximum atomic E-state index is 10.3. The van der Waals surface area contributed by atoms with E-state index in [0.29, 0.717) is 0 Å². The minimum absolute atomic E-state index is 0.0319. The van der Waals surface area contributed by atoms with Gasteiger partial charge in [-0.25, -0.2) is 10.2 Å². The van der Waals surface area contributed by atoms with E-state index in [4.69, 9.17) is 5.73 Å². The van der Waals surface area contributed by atoms with E-state index in [1.165, 1.54) is 0 Å². The van der Waals surface area contributed by atoms with E-state index in [1.54, 1.807) is 6.21 Å². The number of amides is 2. The van der Waals surface area contributed by atoms with E-state index in [0.717, 1.165) is 5.56 Å². The summed E-state index contributed by atoms with van der Waals surface area (Å²) in [4.78, 5) is 10.3. The standard InChI is InChI=1S/C9H10BrN3O/c10-8(6-12-13-9(11)14)7-4-2-1-3-5-7/h1-6,8H,(H3,11,13,14)/b12-6+. The summed E-state index contributed by atoms with van der Waals surface area (Å²) in [5, 5.41) is 3.65. The van der Waals surface area contributed by atoms with Crippen LogP contribution in [-0.2, 0) is 0 Å². The van der Waals surface area contributed by atoms with E-state index in [1.807, 2.05) is 30.3 Å². The topological polar surface area (TPSA) is 67.5 Å². The third kappa shape index (κ3) is 3.57. The summed E-state index contributed by atoms with van der Waals surface area (Å²) in [7, 11) is 0. The van der Waals surface area contributed by atoms with Crippen LogP contribution in [0.25, 0.3) is 0 Å². The molecule has 0 radical (unpaired) electrons. The largest absolute Gasteiger partial charge is 0.350 e. The number of hydrogen-bond acceptors (Lipinski definition) is 2. The second-order valence-electron chi connectivity index (χ2n) is 2.57. The van der Waals surface area contributed by atoms with Gasteiger partial charge >= 0.3 is 6.03 Å². The van der Waals surface area contributed by atoms with Crippen molar-refractivity contribution in [1.82, 2.24) is 5.43 Å². The van der Waals surface area contributed by atoms with Crippen molar-refractivity contribution in [2.24, 2.45) is 10.8 Å². The normalized spacial score (nSPS) is 12.6. The molecule has 0 bridgehead atoms. The number of nitrogens with one attached hydrogen (secondary N) is 1. The third-order valence-electron chi connectivity index (χ3n) is 1.50. The number of nitrogens with zero attached hydrogens (tertiary/aromatic N) is 1. The number of primary amides is 1. The number of nitrogens with two attached hydrogens (primary N) is 1. The molecule has 0 heterocycles. The maximum Gasteiger partial charge on any atom is 0.332 e. The summed E-state index contributed by atoms with van der Waals surface area (Å²) in [5.74, 6) is 0. The van der Waals surface area contributed by atoms with E-state index < -0.39 is 6.03 Å². The number of alkyl halides is 1. The Bertz CT molecular complexity index is 326. The van der Waals surface area contributed by atoms with Crippen LogP contribution < -0.4 is 11.2 Å². The molecular weight excluding hydrogens is 246 g/mol. The van der Waals surface area contributed by atoms with Crippen LogP contribution in [0.4, 0.5) is 4.79 Å². The average molecular weight is 256 g/mol. The zero-order chi connectivity index (χ0) is 10.4. The molecule has 0 fully saturated rings. The molecule has 1 unspecified atom stereocenters. The molecule has 0 spiro atoms. The van der Waals surface area contributed by atoms with Gasteiger partial charge in [0.05, 0.1) is 4.83 Å². The van der Waals surface area contributed by atoms with Crippen molar-refractivity contribution in [3.05, 3.63) is 35.9 Å². The van der Waals surface area contributed by atoms with E-state index in [-0.39, 0.29) is 4.83 Å². The first-order valence-electron chi connectivity index (χ1n) is 3.98. The molecule has 0 saturated carbocycles. The van der Waals surface area contributed by atoms with Gasteiger partial charge in [0.25, 0.3) is 0 Å². The van der Waals surface area contributed by atoms with Crippen LogP contribution in [0.15, 0.2) is 35.4 Å². The van der Waals surface area contributed by atoms with Crippen LogP contribution >= 0.6 is 15.9 Å². The Kier molecular flexibility index (Phi) is 4.12. The van der Waals surface area contributed by atoms with Gasteiger partial charge in [-0.2, -0.15) is 5.10 Å². The quantitative estimate of drug-likeness (QED) is 0.483. The summed E-state index contributed by atoms with van der Waals surface area (Å²) in [6, 6.07) is 9.03. The van der Waals surface area contributed by atoms with Gasteiger partial charge in [0.15, 0.2) is 0 Å². The lowest BCUT2D eigenvalue weighted by molar-refractivity contribution is 0.249. The van der Waals surface area contributed by atoms with Crippen LogP contribution in [0.1, 0.15) is 10.4 Å². The lowest BCUT2D eigenvalue weighted by Crippen LogP contribution is -2.24. The Hall–Kier alpha value is -1.36. The van der Waals surface area contributed by atoms with Gasteiger partial charge in [0.1, 0.15) is 0 Å². The van der Waals surface area contributed by atoms with E-state index in [9.17, 15) is 4.79 Å². The van der Waals surface area contributed by atoms with Crippen molar-refractivity contribution >= 4 is 28.2 Å². The number of rotatable bonds is 3. The van der Waals surface area contributed by atoms with E-state index in [2.05, 4.69) is 26.5 Å². The summed E-state index contributed by atoms with van der Waals surface area (Å²) >= 11 is 3.39. The smallest absolute Gasteiger partial charge is 0.332 e. The summed E-state index contributed by atoms with van der Waals surface area (Å²) < 4.78 is 0. The van der Waals surface area contributed by atoms with Crippen molar-refractivity contribution < 1.29 is 4.79 Å². The highest BCUT2D eigenvalue weighted by Gasteiger charge is 2.02. The minimum Gasteiger partial charge on any atom is -0.350 e. The van der Waals surface area contributed by atoms with Crippen molar-refractivity contribution in [3.63, 3.8) is 0 Å². The van der Waals surface area contributed by atoms with Gasteiger partial charge in [-0.05, 0) is 5.56 Å². The molecular formula is C9H10BrN3O. The monoisotopic (exact) mass is 255 g/mol. The predicted octanol–water partition coefficient (Wildman–Crippen LogP) is 1.78. The first-order chi connectivity index (χ1) is 6.70. The third-order valence-corrected chi connectivity index (χ3v) is 2.26. The number of carbonyl (C=O) groups excluding carboxylic acids is 1. The molecule has 1 aromatic rings. The lowest BCUT2D eigenvalue weighted by Gasteiger charge is -2.02. The minimum atomic E-state index is -0.672. The van der Waals surface area contributed by atoms with Crippen LogP contribution in [0.5, 0.6) is 0 Å². The Balaban J connectivity index is 2.54. The van der Waals surface area contributed by atoms with Crippen LogP contribution in [-0.4, -0.2) is 12.2 Å². The first-order valence-corrected chi connectivity index (χ1v) is 4.89. The molecule has 0 saturated heterocycles. The van der Waals surface area contributed by atoms with Crippen molar-refractivity contribution in [1.29, 1.82) is 0 Å². The maximum absolute atomic E-state index is 10.3. The highest BCUT2D eigenvalue weighted by atomic mass is 79.9. The molecule has 1 aromatic carbocycles. The van der Waals surface area contributed by atoms with E-state index >= 15 is 0 Å². The Labute approximate surface area is 90.3 Å². The number of urea groups is 1. The van der Waals surface area contributed by atoms with Gasteiger partial charge in [-0.1, -0.05) is 46.3 Å². The molecule has 14 heavy (non-hydrogen) atoms. The van der Waals surface area contributed by atoms with Crippen LogP contribution in [0.2, 0.25) is 0 Å². The van der Waals surface area contributed by atoms with Crippen molar-refractivity contribution in [2.75, 3.05) is 0 Å². The van der Waals surface area contributed by atoms with Gasteiger partial charge in [0, 0.05) is 6.21 Å². The zero-order valence-corrected chi connectivity index (χ0v) is 8.94. The fourth-order valence-corrected chi connectivity index (χ4v) is 1.31. The number of hydrogen-bond donors (Lipinski definition) is 2. The van der Waals surface area contributed by atoms with Gasteiger partial charge in [0.2, 0.25) is 0 Å². The second kappa shape index (κ2) is 5.39. The summed E-state index contributed by atoms with van der Waals surface area (Å²) in [6.45, 7) is 0. The highest BCUT2D eigenvalue weighted by molar-refractivity contribution is 9.09. The average Bonchev–Trinajstić information content (AvgIpc) is 2.18. The predicted molar refractivity (Wildman–Crippen MR) is 59.3 cm³/mol. The van der Waals surface area contributed by atoms with Gasteiger partial charge in [-0.15, -0.1) is 0 Å². The molecule has 0 aromatic heterocycles. The molecule has 0 aliphatic heterocycles. The first kappa shape index (κ1) is 10.7. The number of carbonyl (C=O) groups is 1. The number of hydrazone groups is 1. The number of halogens is 1. The van der Waals surface area contributed by atoms with Gasteiger partial charge in [-0.3, -0.25) is 0 Å². The molecule has 2 amide bonds. The molecule has 0 aliphatic rings. The van der Waals surface area contributed by atoms with Crippen molar-refractivity contribution in [3.8, 4) is 0 Å². The molecule has 74 valence electrons. The fourth-order valence-electron chi connectivity index (χ4n) is 0.889. The SMILES string of the molecule is NC(=O)N/N=C/C(Br)c1ccccc1. The number of benzene rings is 1. The van der Waals surface area contributed by atoms with Crippen LogP contribution in [0, 0.1) is 0 Å². The molecule has 0 aliphatic carbocycles. The molecule has 5 heteroatoms. The summed E-state index contributed by atoms with van der Waals surface area (Å²) in [5.41, 5.74) is 8.02. The van der Waals surface area contributed by atoms with Gasteiger partial charge < -0.3 is 5.73 Å². The second-order valence-corrected chi connectivity index (χ2v) is 3.55. The molecule has 1 rings (SSSR count). The Morgan fingerprint density at radius 2 is 2.14 bits per heavy atom. The highest BCUT2D eigenvalue weighted by Crippen LogP contribution is 2.19. The fraction of sp³-hybridized carbons (Fsp3) is 0.111. The summed E-state index contributed by atoms with van der Waals surface area (Å²) in [6.07, 6.45) is 1.56. The zero-order valence-electron chi connectivity index (χ0n) is 7.35. The molecule has 4 nitrogen and oxygen atoms in total. The van der Waals surface area contributed by atoms with Crippen LogP contribution in [0.3, 0.4) is 0 Å².